The first-order chi connectivity index (χ1) is 5.38. The number of rotatable bonds is 0. The average molecular weight is 152 g/mol. The maximum atomic E-state index is 11.2. The lowest BCUT2D eigenvalue weighted by atomic mass is 9.84. The van der Waals surface area contributed by atoms with Gasteiger partial charge in [-0.05, 0) is 12.8 Å². The van der Waals surface area contributed by atoms with E-state index in [1.165, 1.54) is 12.8 Å². The van der Waals surface area contributed by atoms with Gasteiger partial charge in [0.1, 0.15) is 0 Å². The van der Waals surface area contributed by atoms with E-state index < -0.39 is 0 Å². The van der Waals surface area contributed by atoms with Crippen molar-refractivity contribution in [3.8, 4) is 0 Å². The Morgan fingerprint density at radius 2 is 2.27 bits per heavy atom. The van der Waals surface area contributed by atoms with Crippen LogP contribution in [0.5, 0.6) is 0 Å². The van der Waals surface area contributed by atoms with Crippen LogP contribution in [0.2, 0.25) is 0 Å². The van der Waals surface area contributed by atoms with E-state index >= 15 is 0 Å². The van der Waals surface area contributed by atoms with Crippen LogP contribution in [0.15, 0.2) is 4.99 Å². The summed E-state index contributed by atoms with van der Waals surface area (Å²) in [7, 11) is 0. The molecular weight excluding hydrogens is 140 g/mol. The van der Waals surface area contributed by atoms with Crippen LogP contribution in [-0.2, 0) is 4.79 Å². The molecule has 0 aromatic rings. The molecule has 1 aliphatic carbocycles. The number of hydrogen-bond donors (Lipinski definition) is 1. The lowest BCUT2D eigenvalue weighted by Crippen LogP contribution is -2.42. The SMILES string of the molecule is O=C1NC=N[C@@H]2CCCC[C@@H]12. The van der Waals surface area contributed by atoms with Gasteiger partial charge in [-0.3, -0.25) is 9.79 Å². The minimum atomic E-state index is 0.171. The topological polar surface area (TPSA) is 41.5 Å². The van der Waals surface area contributed by atoms with Crippen LogP contribution in [0.4, 0.5) is 0 Å². The first-order valence-electron chi connectivity index (χ1n) is 4.20. The van der Waals surface area contributed by atoms with E-state index in [-0.39, 0.29) is 17.9 Å². The molecule has 0 radical (unpaired) electrons. The summed E-state index contributed by atoms with van der Waals surface area (Å²) in [6.45, 7) is 0. The Morgan fingerprint density at radius 1 is 1.45 bits per heavy atom. The van der Waals surface area contributed by atoms with Crippen LogP contribution in [0, 0.1) is 5.92 Å². The van der Waals surface area contributed by atoms with Crippen molar-refractivity contribution < 1.29 is 4.79 Å². The number of carbonyl (C=O) groups excluding carboxylic acids is 1. The molecule has 0 spiro atoms. The quantitative estimate of drug-likeness (QED) is 0.545. The molecule has 60 valence electrons. The Balaban J connectivity index is 2.15. The highest BCUT2D eigenvalue weighted by molar-refractivity contribution is 5.91. The number of nitrogens with one attached hydrogen (secondary N) is 1. The fourth-order valence-electron chi connectivity index (χ4n) is 1.90. The van der Waals surface area contributed by atoms with Gasteiger partial charge in [0.15, 0.2) is 0 Å². The third kappa shape index (κ3) is 1.15. The second-order valence-corrected chi connectivity index (χ2v) is 3.25. The van der Waals surface area contributed by atoms with E-state index in [2.05, 4.69) is 10.3 Å². The molecule has 2 atom stereocenters. The van der Waals surface area contributed by atoms with Gasteiger partial charge in [-0.2, -0.15) is 0 Å². The Kier molecular flexibility index (Phi) is 1.64. The van der Waals surface area contributed by atoms with Crippen LogP contribution in [0.3, 0.4) is 0 Å². The molecule has 1 fully saturated rings. The van der Waals surface area contributed by atoms with Crippen molar-refractivity contribution in [2.75, 3.05) is 0 Å². The Bertz CT molecular complexity index is 200. The third-order valence-electron chi connectivity index (χ3n) is 2.54. The highest BCUT2D eigenvalue weighted by atomic mass is 16.2. The van der Waals surface area contributed by atoms with Crippen LogP contribution in [0.25, 0.3) is 0 Å². The predicted molar refractivity (Wildman–Crippen MR) is 42.4 cm³/mol. The maximum absolute atomic E-state index is 11.2. The van der Waals surface area contributed by atoms with Crippen LogP contribution in [-0.4, -0.2) is 18.3 Å². The van der Waals surface area contributed by atoms with Gasteiger partial charge in [-0.15, -0.1) is 0 Å². The number of nitrogens with zero attached hydrogens (tertiary/aromatic N) is 1. The molecule has 0 unspecified atom stereocenters. The molecule has 3 nitrogen and oxygen atoms in total. The van der Waals surface area contributed by atoms with Crippen LogP contribution >= 0.6 is 0 Å². The lowest BCUT2D eigenvalue weighted by Gasteiger charge is -2.29. The van der Waals surface area contributed by atoms with E-state index in [1.807, 2.05) is 0 Å². The molecule has 11 heavy (non-hydrogen) atoms. The molecule has 1 aliphatic heterocycles. The van der Waals surface area contributed by atoms with E-state index in [9.17, 15) is 4.79 Å². The largest absolute Gasteiger partial charge is 0.317 e. The molecule has 0 saturated heterocycles. The zero-order chi connectivity index (χ0) is 7.68. The minimum absolute atomic E-state index is 0.171. The van der Waals surface area contributed by atoms with Gasteiger partial charge < -0.3 is 5.32 Å². The Morgan fingerprint density at radius 3 is 3.09 bits per heavy atom. The molecule has 2 rings (SSSR count). The third-order valence-corrected chi connectivity index (χ3v) is 2.54. The first-order valence-corrected chi connectivity index (χ1v) is 4.20. The summed E-state index contributed by atoms with van der Waals surface area (Å²) in [5.41, 5.74) is 0. The Hall–Kier alpha value is -0.860. The Labute approximate surface area is 65.9 Å². The summed E-state index contributed by atoms with van der Waals surface area (Å²) in [6, 6.07) is 0.289. The fourth-order valence-corrected chi connectivity index (χ4v) is 1.90. The second kappa shape index (κ2) is 2.64. The van der Waals surface area contributed by atoms with Crippen molar-refractivity contribution in [3.05, 3.63) is 0 Å². The standard InChI is InChI=1S/C8H12N2O/c11-8-6-3-1-2-4-7(6)9-5-10-8/h5-7H,1-4H2,(H,9,10,11)/t6-,7-/m1/s1. The van der Waals surface area contributed by atoms with Gasteiger partial charge in [0, 0.05) is 0 Å². The number of aliphatic imine (C=N–C) groups is 1. The molecule has 1 amide bonds. The zero-order valence-corrected chi connectivity index (χ0v) is 6.42. The second-order valence-electron chi connectivity index (χ2n) is 3.25. The number of hydrogen-bond acceptors (Lipinski definition) is 2. The molecule has 1 heterocycles. The van der Waals surface area contributed by atoms with Gasteiger partial charge in [0.05, 0.1) is 18.3 Å². The molecule has 2 aliphatic rings. The minimum Gasteiger partial charge on any atom is -0.317 e. The van der Waals surface area contributed by atoms with Crippen molar-refractivity contribution >= 4 is 12.2 Å². The summed E-state index contributed by atoms with van der Waals surface area (Å²) in [6.07, 6.45) is 6.08. The molecule has 0 bridgehead atoms. The summed E-state index contributed by atoms with van der Waals surface area (Å²) >= 11 is 0. The fraction of sp³-hybridized carbons (Fsp3) is 0.750. The van der Waals surface area contributed by atoms with Gasteiger partial charge in [0.25, 0.3) is 0 Å². The molecule has 0 aromatic carbocycles. The first kappa shape index (κ1) is 6.83. The molecule has 0 aromatic heterocycles. The molecular formula is C8H12N2O. The monoisotopic (exact) mass is 152 g/mol. The number of fused-ring (bicyclic) bond motifs is 1. The van der Waals surface area contributed by atoms with E-state index in [4.69, 9.17) is 0 Å². The van der Waals surface area contributed by atoms with Crippen molar-refractivity contribution in [3.63, 3.8) is 0 Å². The van der Waals surface area contributed by atoms with Gasteiger partial charge in [-0.25, -0.2) is 0 Å². The summed E-state index contributed by atoms with van der Waals surface area (Å²) in [5, 5.41) is 2.65. The summed E-state index contributed by atoms with van der Waals surface area (Å²) < 4.78 is 0. The normalized spacial score (nSPS) is 36.2. The van der Waals surface area contributed by atoms with Crippen LogP contribution < -0.4 is 5.32 Å². The van der Waals surface area contributed by atoms with E-state index in [0.717, 1.165) is 12.8 Å². The van der Waals surface area contributed by atoms with Crippen molar-refractivity contribution in [2.45, 2.75) is 31.7 Å². The van der Waals surface area contributed by atoms with Crippen molar-refractivity contribution in [1.29, 1.82) is 0 Å². The smallest absolute Gasteiger partial charge is 0.230 e. The molecule has 1 N–H and O–H groups in total. The highest BCUT2D eigenvalue weighted by Gasteiger charge is 2.31. The van der Waals surface area contributed by atoms with E-state index in [1.54, 1.807) is 6.34 Å². The van der Waals surface area contributed by atoms with E-state index in [0.29, 0.717) is 0 Å². The zero-order valence-electron chi connectivity index (χ0n) is 6.42. The molecule has 1 saturated carbocycles. The number of carbonyl (C=O) groups is 1. The van der Waals surface area contributed by atoms with Gasteiger partial charge in [-0.1, -0.05) is 12.8 Å². The van der Waals surface area contributed by atoms with Crippen molar-refractivity contribution in [2.24, 2.45) is 10.9 Å². The van der Waals surface area contributed by atoms with Crippen molar-refractivity contribution in [1.82, 2.24) is 5.32 Å². The molecule has 3 heteroatoms. The summed E-state index contributed by atoms with van der Waals surface area (Å²) in [5.74, 6) is 0.346. The summed E-state index contributed by atoms with van der Waals surface area (Å²) in [4.78, 5) is 15.5. The van der Waals surface area contributed by atoms with Crippen LogP contribution in [0.1, 0.15) is 25.7 Å². The maximum Gasteiger partial charge on any atom is 0.230 e. The average Bonchev–Trinajstić information content (AvgIpc) is 2.06. The predicted octanol–water partition coefficient (Wildman–Crippen LogP) is 0.703. The number of amides is 1. The lowest BCUT2D eigenvalue weighted by molar-refractivity contribution is -0.125. The van der Waals surface area contributed by atoms with Gasteiger partial charge in [0.2, 0.25) is 5.91 Å². The van der Waals surface area contributed by atoms with Gasteiger partial charge >= 0.3 is 0 Å². The highest BCUT2D eigenvalue weighted by Crippen LogP contribution is 2.27.